The van der Waals surface area contributed by atoms with Gasteiger partial charge in [0.2, 0.25) is 0 Å². The van der Waals surface area contributed by atoms with E-state index in [0.29, 0.717) is 0 Å². The van der Waals surface area contributed by atoms with E-state index < -0.39 is 0 Å². The lowest BCUT2D eigenvalue weighted by Crippen LogP contribution is -2.10. The zero-order valence-corrected chi connectivity index (χ0v) is 29.5. The van der Waals surface area contributed by atoms with Gasteiger partial charge < -0.3 is 9.32 Å². The highest BCUT2D eigenvalue weighted by Crippen LogP contribution is 2.48. The average Bonchev–Trinajstić information content (AvgIpc) is 3.79. The van der Waals surface area contributed by atoms with Crippen LogP contribution in [-0.4, -0.2) is 0 Å². The number of hydrogen-bond acceptors (Lipinski definition) is 3. The van der Waals surface area contributed by atoms with E-state index in [0.717, 1.165) is 44.6 Å². The number of fused-ring (bicyclic) bond motifs is 8. The van der Waals surface area contributed by atoms with Gasteiger partial charge in [0.25, 0.3) is 0 Å². The lowest BCUT2D eigenvalue weighted by molar-refractivity contribution is 0.670. The molecule has 0 bridgehead atoms. The van der Waals surface area contributed by atoms with Gasteiger partial charge in [-0.25, -0.2) is 0 Å². The van der Waals surface area contributed by atoms with Crippen LogP contribution in [0.2, 0.25) is 0 Å². The molecule has 0 aliphatic carbocycles. The number of nitrogens with zero attached hydrogens (tertiary/aromatic N) is 1. The van der Waals surface area contributed by atoms with Crippen LogP contribution < -0.4 is 4.90 Å². The molecule has 11 rings (SSSR count). The maximum Gasteiger partial charge on any atom is 0.143 e. The van der Waals surface area contributed by atoms with Gasteiger partial charge in [-0.15, -0.1) is 11.3 Å². The quantitative estimate of drug-likeness (QED) is 0.178. The molecule has 0 saturated carbocycles. The third kappa shape index (κ3) is 4.78. The van der Waals surface area contributed by atoms with Gasteiger partial charge in [0.05, 0.1) is 10.4 Å². The Hall–Kier alpha value is -6.68. The summed E-state index contributed by atoms with van der Waals surface area (Å²) in [5.41, 5.74) is 9.77. The predicted octanol–water partition coefficient (Wildman–Crippen LogP) is 15.1. The fraction of sp³-hybridized carbons (Fsp3) is 0. The summed E-state index contributed by atoms with van der Waals surface area (Å²) in [4.78, 5) is 2.39. The number of anilines is 3. The summed E-state index contributed by atoms with van der Waals surface area (Å²) in [7, 11) is 0. The zero-order valence-electron chi connectivity index (χ0n) is 28.7. The van der Waals surface area contributed by atoms with Gasteiger partial charge in [-0.1, -0.05) is 140 Å². The molecule has 3 heteroatoms. The molecule has 53 heavy (non-hydrogen) atoms. The van der Waals surface area contributed by atoms with Crippen molar-refractivity contribution in [2.24, 2.45) is 0 Å². The summed E-state index contributed by atoms with van der Waals surface area (Å²) in [6.07, 6.45) is 0. The highest BCUT2D eigenvalue weighted by atomic mass is 32.1. The lowest BCUT2D eigenvalue weighted by Gasteiger charge is -2.26. The van der Waals surface area contributed by atoms with Crippen LogP contribution in [0.4, 0.5) is 17.1 Å². The highest BCUT2D eigenvalue weighted by molar-refractivity contribution is 7.26. The van der Waals surface area contributed by atoms with Crippen LogP contribution in [0.1, 0.15) is 0 Å². The summed E-state index contributed by atoms with van der Waals surface area (Å²) in [5, 5.41) is 9.61. The van der Waals surface area contributed by atoms with Crippen molar-refractivity contribution in [2.75, 3.05) is 4.90 Å². The van der Waals surface area contributed by atoms with E-state index in [4.69, 9.17) is 4.42 Å². The number of furan rings is 1. The second kappa shape index (κ2) is 11.9. The van der Waals surface area contributed by atoms with Crippen molar-refractivity contribution in [3.05, 3.63) is 188 Å². The molecule has 2 heterocycles. The lowest BCUT2D eigenvalue weighted by atomic mass is 9.92. The van der Waals surface area contributed by atoms with Crippen molar-refractivity contribution in [2.45, 2.75) is 0 Å². The van der Waals surface area contributed by atoms with E-state index in [1.54, 1.807) is 0 Å². The van der Waals surface area contributed by atoms with Crippen molar-refractivity contribution in [3.63, 3.8) is 0 Å². The summed E-state index contributed by atoms with van der Waals surface area (Å²) in [6.45, 7) is 0. The van der Waals surface area contributed by atoms with E-state index in [2.05, 4.69) is 193 Å². The number of rotatable bonds is 5. The van der Waals surface area contributed by atoms with Crippen LogP contribution in [0.5, 0.6) is 0 Å². The largest absolute Gasteiger partial charge is 0.455 e. The van der Waals surface area contributed by atoms with Gasteiger partial charge in [0.1, 0.15) is 11.2 Å². The van der Waals surface area contributed by atoms with Gasteiger partial charge >= 0.3 is 0 Å². The fourth-order valence-corrected chi connectivity index (χ4v) is 9.39. The summed E-state index contributed by atoms with van der Waals surface area (Å²) in [5.74, 6) is 0. The first-order chi connectivity index (χ1) is 26.3. The first kappa shape index (κ1) is 30.0. The summed E-state index contributed by atoms with van der Waals surface area (Å²) < 4.78 is 9.59. The molecule has 0 radical (unpaired) electrons. The van der Waals surface area contributed by atoms with E-state index in [1.807, 2.05) is 11.3 Å². The van der Waals surface area contributed by atoms with Gasteiger partial charge in [0, 0.05) is 49.2 Å². The average molecular weight is 694 g/mol. The summed E-state index contributed by atoms with van der Waals surface area (Å²) in [6, 6.07) is 67.8. The standard InChI is InChI=1S/C50H31NOS/c1-2-12-32(13-3-1)33-24-26-36(27-25-33)51(45-22-11-21-43-41-19-8-9-23-47(41)53-50(43)45)37-28-29-40-44-30-35-15-5-7-18-39(35)48(49(44)52-46(40)31-37)42-20-10-16-34-14-4-6-17-38(34)42/h1-31H. The topological polar surface area (TPSA) is 16.4 Å². The Morgan fingerprint density at radius 1 is 0.415 bits per heavy atom. The molecule has 0 unspecified atom stereocenters. The van der Waals surface area contributed by atoms with E-state index in [9.17, 15) is 0 Å². The molecule has 0 fully saturated rings. The van der Waals surface area contributed by atoms with Crippen LogP contribution in [0.3, 0.4) is 0 Å². The van der Waals surface area contributed by atoms with Gasteiger partial charge in [0.15, 0.2) is 0 Å². The first-order valence-corrected chi connectivity index (χ1v) is 18.8. The zero-order chi connectivity index (χ0) is 34.9. The molecule has 9 aromatic carbocycles. The maximum atomic E-state index is 7.05. The molecule has 248 valence electrons. The third-order valence-electron chi connectivity index (χ3n) is 10.6. The smallest absolute Gasteiger partial charge is 0.143 e. The molecule has 2 nitrogen and oxygen atoms in total. The minimum absolute atomic E-state index is 0.865. The Balaban J connectivity index is 1.16. The molecular weight excluding hydrogens is 663 g/mol. The SMILES string of the molecule is c1ccc(-c2ccc(N(c3ccc4c(c3)oc3c(-c5cccc6ccccc56)c5ccccc5cc34)c3cccc4c3sc3ccccc34)cc2)cc1. The second-order valence-electron chi connectivity index (χ2n) is 13.7. The van der Waals surface area contributed by atoms with Crippen LogP contribution in [-0.2, 0) is 0 Å². The second-order valence-corrected chi connectivity index (χ2v) is 14.7. The molecule has 2 aromatic heterocycles. The maximum absolute atomic E-state index is 7.05. The minimum atomic E-state index is 0.865. The molecule has 0 aliphatic rings. The molecule has 0 aliphatic heterocycles. The number of thiophene rings is 1. The van der Waals surface area contributed by atoms with E-state index in [-0.39, 0.29) is 0 Å². The molecular formula is C50H31NOS. The molecule has 0 atom stereocenters. The molecule has 11 aromatic rings. The Kier molecular flexibility index (Phi) is 6.76. The van der Waals surface area contributed by atoms with Crippen LogP contribution in [0, 0.1) is 0 Å². The Morgan fingerprint density at radius 3 is 1.94 bits per heavy atom. The van der Waals surface area contributed by atoms with Crippen LogP contribution >= 0.6 is 11.3 Å². The fourth-order valence-electron chi connectivity index (χ4n) is 8.18. The predicted molar refractivity (Wildman–Crippen MR) is 227 cm³/mol. The molecule has 0 spiro atoms. The third-order valence-corrected chi connectivity index (χ3v) is 11.9. The van der Waals surface area contributed by atoms with E-state index >= 15 is 0 Å². The van der Waals surface area contributed by atoms with Crippen molar-refractivity contribution in [3.8, 4) is 22.3 Å². The van der Waals surface area contributed by atoms with Crippen LogP contribution in [0.15, 0.2) is 192 Å². The Bertz CT molecular complexity index is 3170. The normalized spacial score (nSPS) is 11.8. The summed E-state index contributed by atoms with van der Waals surface area (Å²) >= 11 is 1.85. The highest BCUT2D eigenvalue weighted by Gasteiger charge is 2.22. The van der Waals surface area contributed by atoms with Crippen molar-refractivity contribution >= 4 is 92.1 Å². The Morgan fingerprint density at radius 2 is 1.08 bits per heavy atom. The van der Waals surface area contributed by atoms with Gasteiger partial charge in [-0.2, -0.15) is 0 Å². The van der Waals surface area contributed by atoms with Crippen LogP contribution in [0.25, 0.3) is 85.9 Å². The first-order valence-electron chi connectivity index (χ1n) is 18.0. The molecule has 0 N–H and O–H groups in total. The minimum Gasteiger partial charge on any atom is -0.455 e. The number of hydrogen-bond donors (Lipinski definition) is 0. The molecule has 0 saturated heterocycles. The van der Waals surface area contributed by atoms with Crippen molar-refractivity contribution in [1.29, 1.82) is 0 Å². The van der Waals surface area contributed by atoms with Gasteiger partial charge in [-0.3, -0.25) is 0 Å². The van der Waals surface area contributed by atoms with Gasteiger partial charge in [-0.05, 0) is 80.7 Å². The monoisotopic (exact) mass is 693 g/mol. The number of benzene rings is 9. The van der Waals surface area contributed by atoms with E-state index in [1.165, 1.54) is 58.4 Å². The van der Waals surface area contributed by atoms with Crippen molar-refractivity contribution in [1.82, 2.24) is 0 Å². The molecule has 0 amide bonds. The Labute approximate surface area is 310 Å². The van der Waals surface area contributed by atoms with Crippen molar-refractivity contribution < 1.29 is 4.42 Å².